The minimum absolute atomic E-state index is 1.05. The van der Waals surface area contributed by atoms with Gasteiger partial charge in [-0.15, -0.1) is 6.58 Å². The third-order valence-corrected chi connectivity index (χ3v) is 2.62. The van der Waals surface area contributed by atoms with Crippen molar-refractivity contribution in [3.05, 3.63) is 36.0 Å². The van der Waals surface area contributed by atoms with E-state index >= 15 is 0 Å². The van der Waals surface area contributed by atoms with Gasteiger partial charge in [0, 0.05) is 0 Å². The molecule has 0 saturated heterocycles. The zero-order chi connectivity index (χ0) is 10.8. The van der Waals surface area contributed by atoms with Crippen molar-refractivity contribution in [1.29, 1.82) is 0 Å². The molecule has 0 amide bonds. The monoisotopic (exact) mass is 192 g/mol. The summed E-state index contributed by atoms with van der Waals surface area (Å²) in [5, 5.41) is 0. The summed E-state index contributed by atoms with van der Waals surface area (Å²) in [4.78, 5) is 0. The van der Waals surface area contributed by atoms with Crippen molar-refractivity contribution in [2.45, 2.75) is 52.9 Å². The molecule has 0 radical (unpaired) electrons. The largest absolute Gasteiger partial charge is 0.103 e. The SMILES string of the molecule is C=CCC(=CCCC(=CC)CC)CC. The summed E-state index contributed by atoms with van der Waals surface area (Å²) < 4.78 is 0. The molecule has 0 heterocycles. The van der Waals surface area contributed by atoms with Gasteiger partial charge >= 0.3 is 0 Å². The van der Waals surface area contributed by atoms with Gasteiger partial charge in [-0.2, -0.15) is 0 Å². The van der Waals surface area contributed by atoms with Crippen LogP contribution in [0.3, 0.4) is 0 Å². The van der Waals surface area contributed by atoms with Crippen LogP contribution in [0.25, 0.3) is 0 Å². The molecule has 0 aliphatic heterocycles. The first-order valence-electron chi connectivity index (χ1n) is 5.71. The molecule has 0 aromatic heterocycles. The second-order valence-corrected chi connectivity index (χ2v) is 3.55. The van der Waals surface area contributed by atoms with E-state index in [-0.39, 0.29) is 0 Å². The molecule has 0 rings (SSSR count). The predicted octanol–water partition coefficient (Wildman–Crippen LogP) is 5.04. The van der Waals surface area contributed by atoms with Gasteiger partial charge in [0.25, 0.3) is 0 Å². The Hall–Kier alpha value is -0.780. The van der Waals surface area contributed by atoms with Crippen LogP contribution < -0.4 is 0 Å². The van der Waals surface area contributed by atoms with E-state index in [0.29, 0.717) is 0 Å². The summed E-state index contributed by atoms with van der Waals surface area (Å²) in [6.45, 7) is 10.3. The standard InChI is InChI=1S/C14H24/c1-5-10-14(8-4)12-9-11-13(6-2)7-3/h5-6,12H,1,7-11H2,2-4H3. The highest BCUT2D eigenvalue weighted by molar-refractivity contribution is 5.08. The zero-order valence-corrected chi connectivity index (χ0v) is 9.97. The lowest BCUT2D eigenvalue weighted by Gasteiger charge is -2.03. The van der Waals surface area contributed by atoms with E-state index in [0.717, 1.165) is 12.8 Å². The molecule has 0 atom stereocenters. The van der Waals surface area contributed by atoms with Crippen molar-refractivity contribution in [3.8, 4) is 0 Å². The molecule has 0 aromatic rings. The molecule has 0 nitrogen and oxygen atoms in total. The second-order valence-electron chi connectivity index (χ2n) is 3.55. The number of rotatable bonds is 7. The van der Waals surface area contributed by atoms with E-state index in [2.05, 4.69) is 39.5 Å². The Labute approximate surface area is 89.4 Å². The molecule has 0 saturated carbocycles. The van der Waals surface area contributed by atoms with Gasteiger partial charge in [0.1, 0.15) is 0 Å². The molecule has 80 valence electrons. The van der Waals surface area contributed by atoms with Crippen molar-refractivity contribution >= 4 is 0 Å². The first kappa shape index (κ1) is 13.2. The van der Waals surface area contributed by atoms with Gasteiger partial charge in [-0.25, -0.2) is 0 Å². The summed E-state index contributed by atoms with van der Waals surface area (Å²) in [6, 6.07) is 0. The Balaban J connectivity index is 3.94. The number of hydrogen-bond acceptors (Lipinski definition) is 0. The fourth-order valence-corrected chi connectivity index (χ4v) is 1.54. The molecular weight excluding hydrogens is 168 g/mol. The molecule has 0 aliphatic carbocycles. The van der Waals surface area contributed by atoms with Crippen LogP contribution in [0.5, 0.6) is 0 Å². The highest BCUT2D eigenvalue weighted by atomic mass is 14.0. The first-order chi connectivity index (χ1) is 6.78. The van der Waals surface area contributed by atoms with Crippen LogP contribution in [-0.2, 0) is 0 Å². The average Bonchev–Trinajstić information content (AvgIpc) is 2.23. The maximum atomic E-state index is 3.77. The van der Waals surface area contributed by atoms with Gasteiger partial charge in [-0.3, -0.25) is 0 Å². The maximum absolute atomic E-state index is 3.77. The van der Waals surface area contributed by atoms with Crippen LogP contribution in [0.15, 0.2) is 36.0 Å². The number of hydrogen-bond donors (Lipinski definition) is 0. The van der Waals surface area contributed by atoms with Crippen LogP contribution >= 0.6 is 0 Å². The quantitative estimate of drug-likeness (QED) is 0.496. The van der Waals surface area contributed by atoms with E-state index in [9.17, 15) is 0 Å². The summed E-state index contributed by atoms with van der Waals surface area (Å²) in [6.07, 6.45) is 12.4. The van der Waals surface area contributed by atoms with Crippen molar-refractivity contribution in [2.75, 3.05) is 0 Å². The molecule has 0 fully saturated rings. The van der Waals surface area contributed by atoms with E-state index < -0.39 is 0 Å². The summed E-state index contributed by atoms with van der Waals surface area (Å²) in [7, 11) is 0. The average molecular weight is 192 g/mol. The van der Waals surface area contributed by atoms with Gasteiger partial charge in [0.15, 0.2) is 0 Å². The Morgan fingerprint density at radius 1 is 1.14 bits per heavy atom. The predicted molar refractivity (Wildman–Crippen MR) is 66.5 cm³/mol. The van der Waals surface area contributed by atoms with Crippen molar-refractivity contribution < 1.29 is 0 Å². The van der Waals surface area contributed by atoms with Crippen LogP contribution in [0, 0.1) is 0 Å². The highest BCUT2D eigenvalue weighted by Crippen LogP contribution is 2.13. The zero-order valence-electron chi connectivity index (χ0n) is 9.97. The lowest BCUT2D eigenvalue weighted by molar-refractivity contribution is 0.886. The third-order valence-electron chi connectivity index (χ3n) is 2.62. The van der Waals surface area contributed by atoms with Crippen LogP contribution in [-0.4, -0.2) is 0 Å². The van der Waals surface area contributed by atoms with E-state index in [4.69, 9.17) is 0 Å². The van der Waals surface area contributed by atoms with Gasteiger partial charge in [-0.1, -0.05) is 43.2 Å². The highest BCUT2D eigenvalue weighted by Gasteiger charge is 1.93. The third kappa shape index (κ3) is 5.80. The smallest absolute Gasteiger partial charge is 0.0142 e. The molecule has 0 aliphatic rings. The van der Waals surface area contributed by atoms with Gasteiger partial charge in [-0.05, 0) is 39.0 Å². The van der Waals surface area contributed by atoms with Crippen molar-refractivity contribution in [1.82, 2.24) is 0 Å². The molecule has 14 heavy (non-hydrogen) atoms. The fourth-order valence-electron chi connectivity index (χ4n) is 1.54. The number of allylic oxidation sites excluding steroid dienone is 5. The lowest BCUT2D eigenvalue weighted by atomic mass is 10.0. The lowest BCUT2D eigenvalue weighted by Crippen LogP contribution is -1.83. The Morgan fingerprint density at radius 3 is 2.21 bits per heavy atom. The van der Waals surface area contributed by atoms with E-state index in [1.54, 1.807) is 5.57 Å². The summed E-state index contributed by atoms with van der Waals surface area (Å²) in [5.74, 6) is 0. The molecule has 0 aromatic carbocycles. The molecule has 0 unspecified atom stereocenters. The van der Waals surface area contributed by atoms with E-state index in [1.807, 2.05) is 6.08 Å². The van der Waals surface area contributed by atoms with Gasteiger partial charge < -0.3 is 0 Å². The first-order valence-corrected chi connectivity index (χ1v) is 5.71. The van der Waals surface area contributed by atoms with E-state index in [1.165, 1.54) is 24.8 Å². The second kappa shape index (κ2) is 8.80. The van der Waals surface area contributed by atoms with Crippen molar-refractivity contribution in [2.24, 2.45) is 0 Å². The molecule has 0 heteroatoms. The Morgan fingerprint density at radius 2 is 1.79 bits per heavy atom. The maximum Gasteiger partial charge on any atom is -0.0142 e. The summed E-state index contributed by atoms with van der Waals surface area (Å²) >= 11 is 0. The van der Waals surface area contributed by atoms with Gasteiger partial charge in [0.2, 0.25) is 0 Å². The summed E-state index contributed by atoms with van der Waals surface area (Å²) in [5.41, 5.74) is 3.09. The Kier molecular flexibility index (Phi) is 8.31. The van der Waals surface area contributed by atoms with Crippen LogP contribution in [0.2, 0.25) is 0 Å². The molecule has 0 spiro atoms. The minimum Gasteiger partial charge on any atom is -0.103 e. The molecular formula is C14H24. The molecule has 0 N–H and O–H groups in total. The topological polar surface area (TPSA) is 0 Å². The van der Waals surface area contributed by atoms with Crippen LogP contribution in [0.1, 0.15) is 52.9 Å². The van der Waals surface area contributed by atoms with Crippen molar-refractivity contribution in [3.63, 3.8) is 0 Å². The Bertz CT molecular complexity index is 206. The molecule has 0 bridgehead atoms. The van der Waals surface area contributed by atoms with Crippen LogP contribution in [0.4, 0.5) is 0 Å². The van der Waals surface area contributed by atoms with Gasteiger partial charge in [0.05, 0.1) is 0 Å². The minimum atomic E-state index is 1.05. The normalized spacial score (nSPS) is 13.1. The fraction of sp³-hybridized carbons (Fsp3) is 0.571.